The number of hydrogen-bond acceptors (Lipinski definition) is 2. The summed E-state index contributed by atoms with van der Waals surface area (Å²) < 4.78 is 0. The fourth-order valence-electron chi connectivity index (χ4n) is 2.90. The second-order valence-corrected chi connectivity index (χ2v) is 6.63. The first-order chi connectivity index (χ1) is 11.8. The van der Waals surface area contributed by atoms with Crippen LogP contribution in [0.15, 0.2) is 42.5 Å². The molecular weight excluding hydrogens is 312 g/mol. The van der Waals surface area contributed by atoms with Crippen molar-refractivity contribution in [1.29, 1.82) is 0 Å². The van der Waals surface area contributed by atoms with Gasteiger partial charge in [-0.1, -0.05) is 50.2 Å². The van der Waals surface area contributed by atoms with Gasteiger partial charge < -0.3 is 10.2 Å². The molecule has 4 nitrogen and oxygen atoms in total. The summed E-state index contributed by atoms with van der Waals surface area (Å²) >= 11 is 0. The molecule has 132 valence electrons. The summed E-state index contributed by atoms with van der Waals surface area (Å²) in [4.78, 5) is 26.2. The molecule has 0 saturated heterocycles. The predicted molar refractivity (Wildman–Crippen MR) is 103 cm³/mol. The zero-order valence-corrected chi connectivity index (χ0v) is 15.6. The first kappa shape index (κ1) is 18.7. The number of carbonyl (C=O) groups excluding carboxylic acids is 2. The summed E-state index contributed by atoms with van der Waals surface area (Å²) in [6.07, 6.45) is 0. The van der Waals surface area contributed by atoms with E-state index in [1.54, 1.807) is 0 Å². The third-order valence-corrected chi connectivity index (χ3v) is 4.28. The minimum absolute atomic E-state index is 0.00788. The van der Waals surface area contributed by atoms with E-state index in [4.69, 9.17) is 0 Å². The normalized spacial score (nSPS) is 10.6. The molecule has 0 fully saturated rings. The largest absolute Gasteiger partial charge is 0.324 e. The van der Waals surface area contributed by atoms with Crippen LogP contribution in [-0.4, -0.2) is 18.4 Å². The highest BCUT2D eigenvalue weighted by Crippen LogP contribution is 2.27. The maximum Gasteiger partial charge on any atom is 0.244 e. The average Bonchev–Trinajstić information content (AvgIpc) is 2.55. The first-order valence-corrected chi connectivity index (χ1v) is 8.54. The average molecular weight is 338 g/mol. The zero-order valence-electron chi connectivity index (χ0n) is 15.6. The van der Waals surface area contributed by atoms with Crippen LogP contribution in [0.25, 0.3) is 0 Å². The second-order valence-electron chi connectivity index (χ2n) is 6.63. The van der Waals surface area contributed by atoms with Gasteiger partial charge >= 0.3 is 0 Å². The van der Waals surface area contributed by atoms with E-state index >= 15 is 0 Å². The third kappa shape index (κ3) is 4.47. The van der Waals surface area contributed by atoms with Crippen molar-refractivity contribution in [2.45, 2.75) is 40.5 Å². The Balaban J connectivity index is 2.24. The third-order valence-electron chi connectivity index (χ3n) is 4.28. The van der Waals surface area contributed by atoms with E-state index in [0.717, 1.165) is 28.1 Å². The van der Waals surface area contributed by atoms with Crippen molar-refractivity contribution < 1.29 is 9.59 Å². The summed E-state index contributed by atoms with van der Waals surface area (Å²) in [7, 11) is 0. The van der Waals surface area contributed by atoms with Gasteiger partial charge in [0.2, 0.25) is 11.8 Å². The van der Waals surface area contributed by atoms with Gasteiger partial charge in [-0.2, -0.15) is 0 Å². The molecule has 0 aromatic heterocycles. The molecule has 0 unspecified atom stereocenters. The highest BCUT2D eigenvalue weighted by Gasteiger charge is 2.19. The minimum Gasteiger partial charge on any atom is -0.324 e. The number of aryl methyl sites for hydroxylation is 2. The van der Waals surface area contributed by atoms with Crippen LogP contribution in [0, 0.1) is 13.8 Å². The van der Waals surface area contributed by atoms with Gasteiger partial charge in [-0.3, -0.25) is 9.59 Å². The molecule has 4 heteroatoms. The number of amides is 2. The van der Waals surface area contributed by atoms with E-state index in [1.807, 2.05) is 56.3 Å². The molecule has 2 aromatic rings. The quantitative estimate of drug-likeness (QED) is 0.877. The molecule has 2 rings (SSSR count). The molecule has 0 radical (unpaired) electrons. The van der Waals surface area contributed by atoms with Crippen molar-refractivity contribution in [3.8, 4) is 0 Å². The lowest BCUT2D eigenvalue weighted by Crippen LogP contribution is -2.37. The Morgan fingerprint density at radius 1 is 1.00 bits per heavy atom. The lowest BCUT2D eigenvalue weighted by Gasteiger charge is -2.23. The number of benzene rings is 2. The molecule has 0 saturated carbocycles. The van der Waals surface area contributed by atoms with E-state index in [0.29, 0.717) is 5.92 Å². The molecule has 0 heterocycles. The summed E-state index contributed by atoms with van der Waals surface area (Å²) in [5.74, 6) is -0.0524. The SMILES string of the molecule is CC(=O)N(CC(=O)Nc1c(C)cccc1C(C)C)c1ccccc1C. The Morgan fingerprint density at radius 3 is 2.24 bits per heavy atom. The van der Waals surface area contributed by atoms with Gasteiger partial charge in [0.25, 0.3) is 0 Å². The number of carbonyl (C=O) groups is 2. The highest BCUT2D eigenvalue weighted by atomic mass is 16.2. The van der Waals surface area contributed by atoms with E-state index in [2.05, 4.69) is 19.2 Å². The molecule has 0 spiro atoms. The Morgan fingerprint density at radius 2 is 1.64 bits per heavy atom. The van der Waals surface area contributed by atoms with Crippen molar-refractivity contribution in [1.82, 2.24) is 0 Å². The van der Waals surface area contributed by atoms with Gasteiger partial charge in [-0.25, -0.2) is 0 Å². The lowest BCUT2D eigenvalue weighted by molar-refractivity contribution is -0.120. The number of para-hydroxylation sites is 2. The minimum atomic E-state index is -0.199. The summed E-state index contributed by atoms with van der Waals surface area (Å²) in [6, 6.07) is 13.6. The summed E-state index contributed by atoms with van der Waals surface area (Å²) in [5.41, 5.74) is 4.68. The van der Waals surface area contributed by atoms with Crippen LogP contribution in [0.2, 0.25) is 0 Å². The Hall–Kier alpha value is -2.62. The van der Waals surface area contributed by atoms with Crippen molar-refractivity contribution >= 4 is 23.2 Å². The van der Waals surface area contributed by atoms with E-state index in [1.165, 1.54) is 11.8 Å². The molecule has 0 bridgehead atoms. The van der Waals surface area contributed by atoms with Crippen LogP contribution in [0.5, 0.6) is 0 Å². The maximum absolute atomic E-state index is 12.6. The second kappa shape index (κ2) is 7.97. The van der Waals surface area contributed by atoms with Gasteiger partial charge in [0.15, 0.2) is 0 Å². The highest BCUT2D eigenvalue weighted by molar-refractivity contribution is 6.02. The van der Waals surface area contributed by atoms with Crippen LogP contribution in [-0.2, 0) is 9.59 Å². The van der Waals surface area contributed by atoms with Gasteiger partial charge in [-0.05, 0) is 42.5 Å². The van der Waals surface area contributed by atoms with Crippen LogP contribution in [0.3, 0.4) is 0 Å². The molecule has 0 aliphatic carbocycles. The Kier molecular flexibility index (Phi) is 5.97. The van der Waals surface area contributed by atoms with Gasteiger partial charge in [0.1, 0.15) is 6.54 Å². The first-order valence-electron chi connectivity index (χ1n) is 8.54. The topological polar surface area (TPSA) is 49.4 Å². The number of hydrogen-bond donors (Lipinski definition) is 1. The van der Waals surface area contributed by atoms with Crippen LogP contribution in [0.4, 0.5) is 11.4 Å². The lowest BCUT2D eigenvalue weighted by atomic mass is 9.98. The molecule has 1 N–H and O–H groups in total. The number of rotatable bonds is 5. The number of nitrogens with zero attached hydrogens (tertiary/aromatic N) is 1. The number of nitrogens with one attached hydrogen (secondary N) is 1. The Labute approximate surface area is 149 Å². The van der Waals surface area contributed by atoms with Crippen LogP contribution < -0.4 is 10.2 Å². The number of anilines is 2. The van der Waals surface area contributed by atoms with Crippen molar-refractivity contribution in [3.63, 3.8) is 0 Å². The molecule has 2 aromatic carbocycles. The van der Waals surface area contributed by atoms with E-state index in [-0.39, 0.29) is 18.4 Å². The van der Waals surface area contributed by atoms with E-state index < -0.39 is 0 Å². The van der Waals surface area contributed by atoms with Crippen LogP contribution >= 0.6 is 0 Å². The van der Waals surface area contributed by atoms with Gasteiger partial charge in [-0.15, -0.1) is 0 Å². The fourth-order valence-corrected chi connectivity index (χ4v) is 2.90. The summed E-state index contributed by atoms with van der Waals surface area (Å²) in [6.45, 7) is 9.57. The Bertz CT molecular complexity index is 781. The van der Waals surface area contributed by atoms with Crippen molar-refractivity contribution in [3.05, 3.63) is 59.2 Å². The smallest absolute Gasteiger partial charge is 0.244 e. The molecular formula is C21H26N2O2. The van der Waals surface area contributed by atoms with Gasteiger partial charge in [0, 0.05) is 18.3 Å². The van der Waals surface area contributed by atoms with Gasteiger partial charge in [0.05, 0.1) is 0 Å². The molecule has 25 heavy (non-hydrogen) atoms. The zero-order chi connectivity index (χ0) is 18.6. The van der Waals surface area contributed by atoms with E-state index in [9.17, 15) is 9.59 Å². The molecule has 0 aliphatic heterocycles. The molecule has 0 atom stereocenters. The maximum atomic E-state index is 12.6. The van der Waals surface area contributed by atoms with Crippen molar-refractivity contribution in [2.75, 3.05) is 16.8 Å². The van der Waals surface area contributed by atoms with Crippen LogP contribution in [0.1, 0.15) is 43.4 Å². The predicted octanol–water partition coefficient (Wildman–Crippen LogP) is 4.42. The standard InChI is InChI=1S/C21H26N2O2/c1-14(2)18-11-8-10-16(4)21(18)22-20(25)13-23(17(5)24)19-12-7-6-9-15(19)3/h6-12,14H,13H2,1-5H3,(H,22,25). The monoisotopic (exact) mass is 338 g/mol. The molecule has 0 aliphatic rings. The fraction of sp³-hybridized carbons (Fsp3) is 0.333. The van der Waals surface area contributed by atoms with Crippen molar-refractivity contribution in [2.24, 2.45) is 0 Å². The molecule has 2 amide bonds. The summed E-state index contributed by atoms with van der Waals surface area (Å²) in [5, 5.41) is 3.00.